The van der Waals surface area contributed by atoms with Crippen molar-refractivity contribution in [3.8, 4) is 0 Å². The van der Waals surface area contributed by atoms with Gasteiger partial charge < -0.3 is 14.9 Å². The van der Waals surface area contributed by atoms with E-state index >= 15 is 0 Å². The molecule has 118 valence electrons. The summed E-state index contributed by atoms with van der Waals surface area (Å²) in [6, 6.07) is -0.439. The highest BCUT2D eigenvalue weighted by molar-refractivity contribution is 5.84. The van der Waals surface area contributed by atoms with Gasteiger partial charge in [-0.1, -0.05) is 13.3 Å². The van der Waals surface area contributed by atoms with Gasteiger partial charge in [-0.3, -0.25) is 0 Å². The zero-order valence-corrected chi connectivity index (χ0v) is 13.0. The monoisotopic (exact) mass is 294 g/mol. The number of amides is 2. The number of urea groups is 1. The van der Waals surface area contributed by atoms with Crippen molar-refractivity contribution in [2.24, 2.45) is 17.8 Å². The zero-order valence-electron chi connectivity index (χ0n) is 13.0. The van der Waals surface area contributed by atoms with Gasteiger partial charge in [-0.15, -0.1) is 0 Å². The number of aliphatic carboxylic acids is 1. The average Bonchev–Trinajstić information content (AvgIpc) is 3.00. The van der Waals surface area contributed by atoms with Crippen LogP contribution < -0.4 is 0 Å². The van der Waals surface area contributed by atoms with E-state index in [1.54, 1.807) is 4.90 Å². The Balaban J connectivity index is 1.78. The summed E-state index contributed by atoms with van der Waals surface area (Å²) in [5, 5.41) is 9.58. The number of carbonyl (C=O) groups excluding carboxylic acids is 1. The molecule has 0 aromatic carbocycles. The van der Waals surface area contributed by atoms with Crippen LogP contribution in [0.5, 0.6) is 0 Å². The van der Waals surface area contributed by atoms with Crippen molar-refractivity contribution in [1.82, 2.24) is 9.80 Å². The Kier molecular flexibility index (Phi) is 3.84. The molecule has 1 saturated carbocycles. The maximum absolute atomic E-state index is 12.9. The fourth-order valence-electron chi connectivity index (χ4n) is 4.59. The van der Waals surface area contributed by atoms with Gasteiger partial charge in [0.15, 0.2) is 0 Å². The van der Waals surface area contributed by atoms with E-state index < -0.39 is 12.0 Å². The molecule has 2 saturated heterocycles. The van der Waals surface area contributed by atoms with Gasteiger partial charge >= 0.3 is 12.0 Å². The Morgan fingerprint density at radius 1 is 1.05 bits per heavy atom. The van der Waals surface area contributed by atoms with Crippen molar-refractivity contribution in [2.45, 2.75) is 58.0 Å². The number of carbonyl (C=O) groups is 2. The minimum atomic E-state index is -0.824. The summed E-state index contributed by atoms with van der Waals surface area (Å²) in [6.45, 7) is 5.67. The van der Waals surface area contributed by atoms with Gasteiger partial charge in [0.05, 0.1) is 0 Å². The van der Waals surface area contributed by atoms with Gasteiger partial charge in [-0.25, -0.2) is 9.59 Å². The highest BCUT2D eigenvalue weighted by atomic mass is 16.4. The van der Waals surface area contributed by atoms with Gasteiger partial charge in [0.2, 0.25) is 0 Å². The fraction of sp³-hybridized carbons (Fsp3) is 0.875. The first-order chi connectivity index (χ1) is 10.0. The molecule has 2 amide bonds. The van der Waals surface area contributed by atoms with E-state index in [0.29, 0.717) is 18.4 Å². The van der Waals surface area contributed by atoms with Crippen molar-refractivity contribution in [2.75, 3.05) is 13.1 Å². The van der Waals surface area contributed by atoms with Crippen molar-refractivity contribution in [3.63, 3.8) is 0 Å². The molecule has 0 aromatic rings. The molecule has 5 heteroatoms. The molecule has 0 aromatic heterocycles. The largest absolute Gasteiger partial charge is 0.480 e. The highest BCUT2D eigenvalue weighted by Crippen LogP contribution is 2.43. The van der Waals surface area contributed by atoms with E-state index in [9.17, 15) is 14.7 Å². The van der Waals surface area contributed by atoms with Crippen molar-refractivity contribution in [3.05, 3.63) is 0 Å². The number of nitrogens with zero attached hydrogens (tertiary/aromatic N) is 2. The molecule has 0 bridgehead atoms. The van der Waals surface area contributed by atoms with Gasteiger partial charge in [0.1, 0.15) is 6.04 Å². The number of hydrogen-bond acceptors (Lipinski definition) is 2. The topological polar surface area (TPSA) is 60.9 Å². The first-order valence-corrected chi connectivity index (χ1v) is 8.30. The lowest BCUT2D eigenvalue weighted by molar-refractivity contribution is -0.142. The lowest BCUT2D eigenvalue weighted by Gasteiger charge is -2.41. The van der Waals surface area contributed by atoms with Crippen LogP contribution in [0, 0.1) is 17.8 Å². The molecule has 0 spiro atoms. The lowest BCUT2D eigenvalue weighted by Crippen LogP contribution is -2.55. The third-order valence-electron chi connectivity index (χ3n) is 6.01. The van der Waals surface area contributed by atoms with Gasteiger partial charge in [-0.05, 0) is 50.4 Å². The van der Waals surface area contributed by atoms with E-state index in [4.69, 9.17) is 0 Å². The summed E-state index contributed by atoms with van der Waals surface area (Å²) in [7, 11) is 0. The molecule has 5 atom stereocenters. The van der Waals surface area contributed by atoms with Crippen LogP contribution in [0.15, 0.2) is 0 Å². The van der Waals surface area contributed by atoms with E-state index in [1.165, 1.54) is 0 Å². The van der Waals surface area contributed by atoms with Gasteiger partial charge in [0, 0.05) is 19.1 Å². The van der Waals surface area contributed by atoms with Crippen LogP contribution in [-0.4, -0.2) is 52.1 Å². The first-order valence-electron chi connectivity index (χ1n) is 8.30. The number of carboxylic acids is 1. The van der Waals surface area contributed by atoms with Crippen molar-refractivity contribution >= 4 is 12.0 Å². The number of piperidine rings is 1. The summed E-state index contributed by atoms with van der Waals surface area (Å²) < 4.78 is 0. The van der Waals surface area contributed by atoms with Crippen LogP contribution in [0.1, 0.15) is 46.0 Å². The van der Waals surface area contributed by atoms with Crippen LogP contribution in [0.2, 0.25) is 0 Å². The Labute approximate surface area is 126 Å². The summed E-state index contributed by atoms with van der Waals surface area (Å²) in [5.41, 5.74) is 0. The molecular formula is C16H26N2O3. The quantitative estimate of drug-likeness (QED) is 0.808. The number of fused-ring (bicyclic) bond motifs is 1. The Morgan fingerprint density at radius 3 is 2.52 bits per heavy atom. The first kappa shape index (κ1) is 14.7. The van der Waals surface area contributed by atoms with Crippen LogP contribution in [0.4, 0.5) is 4.79 Å². The minimum absolute atomic E-state index is 0.0455. The van der Waals surface area contributed by atoms with E-state index in [1.807, 2.05) is 4.90 Å². The molecule has 3 rings (SSSR count). The minimum Gasteiger partial charge on any atom is -0.480 e. The Morgan fingerprint density at radius 2 is 1.81 bits per heavy atom. The number of carboxylic acid groups (broad SMARTS) is 1. The van der Waals surface area contributed by atoms with Crippen molar-refractivity contribution in [1.29, 1.82) is 0 Å². The number of rotatable bonds is 1. The molecule has 1 aliphatic carbocycles. The van der Waals surface area contributed by atoms with Crippen LogP contribution in [0.25, 0.3) is 0 Å². The maximum Gasteiger partial charge on any atom is 0.326 e. The third-order valence-corrected chi connectivity index (χ3v) is 6.01. The van der Waals surface area contributed by atoms with E-state index in [2.05, 4.69) is 13.8 Å². The second kappa shape index (κ2) is 5.50. The Hall–Kier alpha value is -1.26. The smallest absolute Gasteiger partial charge is 0.326 e. The predicted molar refractivity (Wildman–Crippen MR) is 78.9 cm³/mol. The summed E-state index contributed by atoms with van der Waals surface area (Å²) >= 11 is 0. The molecular weight excluding hydrogens is 268 g/mol. The molecule has 3 fully saturated rings. The lowest BCUT2D eigenvalue weighted by atomic mass is 9.92. The van der Waals surface area contributed by atoms with E-state index in [0.717, 1.165) is 38.6 Å². The molecule has 2 aliphatic heterocycles. The second-order valence-electron chi connectivity index (χ2n) is 7.13. The van der Waals surface area contributed by atoms with Crippen LogP contribution in [0.3, 0.4) is 0 Å². The van der Waals surface area contributed by atoms with E-state index in [-0.39, 0.29) is 18.0 Å². The van der Waals surface area contributed by atoms with Crippen LogP contribution in [-0.2, 0) is 4.79 Å². The average molecular weight is 294 g/mol. The van der Waals surface area contributed by atoms with Gasteiger partial charge in [-0.2, -0.15) is 0 Å². The molecule has 1 N–H and O–H groups in total. The summed E-state index contributed by atoms with van der Waals surface area (Å²) in [5.74, 6) is 0.236. The second-order valence-corrected chi connectivity index (χ2v) is 7.13. The number of likely N-dealkylation sites (tertiary alicyclic amines) is 2. The molecule has 21 heavy (non-hydrogen) atoms. The molecule has 5 unspecified atom stereocenters. The summed E-state index contributed by atoms with van der Waals surface area (Å²) in [6.07, 6.45) is 5.31. The molecule has 3 aliphatic rings. The zero-order chi connectivity index (χ0) is 15.1. The van der Waals surface area contributed by atoms with Gasteiger partial charge in [0.25, 0.3) is 0 Å². The molecule has 2 heterocycles. The van der Waals surface area contributed by atoms with Crippen LogP contribution >= 0.6 is 0 Å². The SMILES string of the molecule is CC1CCCN(C(=O)N2CC3CCCC3C2C(=O)O)C1C. The maximum atomic E-state index is 12.9. The standard InChI is InChI=1S/C16H26N2O3/c1-10-5-4-8-17(11(10)2)16(21)18-9-12-6-3-7-13(12)14(18)15(19)20/h10-14H,3-9H2,1-2H3,(H,19,20). The normalized spacial score (nSPS) is 39.4. The molecule has 5 nitrogen and oxygen atoms in total. The highest BCUT2D eigenvalue weighted by Gasteiger charge is 2.51. The third kappa shape index (κ3) is 2.40. The Bertz CT molecular complexity index is 439. The molecule has 0 radical (unpaired) electrons. The number of hydrogen-bond donors (Lipinski definition) is 1. The predicted octanol–water partition coefficient (Wildman–Crippen LogP) is 2.41. The summed E-state index contributed by atoms with van der Waals surface area (Å²) in [4.78, 5) is 28.1. The fourth-order valence-corrected chi connectivity index (χ4v) is 4.59. The van der Waals surface area contributed by atoms with Crippen molar-refractivity contribution < 1.29 is 14.7 Å².